The second-order valence-electron chi connectivity index (χ2n) is 4.81. The normalized spacial score (nSPS) is 30.5. The summed E-state index contributed by atoms with van der Waals surface area (Å²) in [6.45, 7) is 0.863. The molecule has 2 aliphatic heterocycles. The van der Waals surface area contributed by atoms with Crippen LogP contribution in [0.25, 0.3) is 0 Å². The van der Waals surface area contributed by atoms with Gasteiger partial charge in [-0.15, -0.1) is 0 Å². The molecule has 3 N–H and O–H groups in total. The zero-order valence-electron chi connectivity index (χ0n) is 10.6. The molecule has 0 aromatic carbocycles. The minimum Gasteiger partial charge on any atom is -0.481 e. The number of nitrogens with one attached hydrogen (secondary N) is 2. The van der Waals surface area contributed by atoms with Gasteiger partial charge in [0.2, 0.25) is 5.91 Å². The van der Waals surface area contributed by atoms with Crippen molar-refractivity contribution in [1.29, 1.82) is 0 Å². The van der Waals surface area contributed by atoms with Crippen molar-refractivity contribution in [3.05, 3.63) is 0 Å². The number of aliphatic carboxylic acids is 1. The SMILES string of the molecule is CN1CCC(NC(=O)NC2COCC2C(=O)O)C1=O. The van der Waals surface area contributed by atoms with E-state index in [9.17, 15) is 14.4 Å². The fraction of sp³-hybridized carbons (Fsp3) is 0.727. The number of nitrogens with zero attached hydrogens (tertiary/aromatic N) is 1. The highest BCUT2D eigenvalue weighted by molar-refractivity contribution is 5.88. The molecule has 0 bridgehead atoms. The fourth-order valence-corrected chi connectivity index (χ4v) is 2.26. The van der Waals surface area contributed by atoms with Gasteiger partial charge in [-0.05, 0) is 6.42 Å². The molecule has 3 amide bonds. The van der Waals surface area contributed by atoms with Gasteiger partial charge in [-0.25, -0.2) is 4.79 Å². The lowest BCUT2D eigenvalue weighted by atomic mass is 10.0. The number of urea groups is 1. The van der Waals surface area contributed by atoms with Crippen LogP contribution in [0.15, 0.2) is 0 Å². The van der Waals surface area contributed by atoms with E-state index in [2.05, 4.69) is 10.6 Å². The molecule has 2 fully saturated rings. The Kier molecular flexibility index (Phi) is 3.89. The summed E-state index contributed by atoms with van der Waals surface area (Å²) in [4.78, 5) is 35.8. The highest BCUT2D eigenvalue weighted by Gasteiger charge is 2.36. The van der Waals surface area contributed by atoms with Gasteiger partial charge in [0.15, 0.2) is 0 Å². The van der Waals surface area contributed by atoms with E-state index in [-0.39, 0.29) is 19.1 Å². The van der Waals surface area contributed by atoms with E-state index in [1.54, 1.807) is 11.9 Å². The van der Waals surface area contributed by atoms with Crippen LogP contribution in [0.4, 0.5) is 4.79 Å². The maximum atomic E-state index is 11.7. The molecule has 106 valence electrons. The summed E-state index contributed by atoms with van der Waals surface area (Å²) in [5.41, 5.74) is 0. The number of amides is 3. The van der Waals surface area contributed by atoms with Crippen molar-refractivity contribution < 1.29 is 24.2 Å². The first-order valence-electron chi connectivity index (χ1n) is 6.11. The number of carbonyl (C=O) groups excluding carboxylic acids is 2. The van der Waals surface area contributed by atoms with Crippen LogP contribution in [0.3, 0.4) is 0 Å². The summed E-state index contributed by atoms with van der Waals surface area (Å²) in [6.07, 6.45) is 0.562. The highest BCUT2D eigenvalue weighted by atomic mass is 16.5. The number of rotatable bonds is 3. The zero-order valence-corrected chi connectivity index (χ0v) is 10.6. The first-order chi connectivity index (χ1) is 8.99. The van der Waals surface area contributed by atoms with Crippen molar-refractivity contribution in [1.82, 2.24) is 15.5 Å². The van der Waals surface area contributed by atoms with Gasteiger partial charge in [0.05, 0.1) is 19.3 Å². The summed E-state index contributed by atoms with van der Waals surface area (Å²) < 4.78 is 5.04. The minimum atomic E-state index is -1.00. The van der Waals surface area contributed by atoms with E-state index >= 15 is 0 Å². The lowest BCUT2D eigenvalue weighted by Gasteiger charge is -2.18. The monoisotopic (exact) mass is 271 g/mol. The van der Waals surface area contributed by atoms with Gasteiger partial charge in [0.25, 0.3) is 0 Å². The molecule has 0 spiro atoms. The molecular formula is C11H17N3O5. The van der Waals surface area contributed by atoms with Crippen molar-refractivity contribution in [2.24, 2.45) is 5.92 Å². The van der Waals surface area contributed by atoms with Crippen LogP contribution in [0.2, 0.25) is 0 Å². The lowest BCUT2D eigenvalue weighted by molar-refractivity contribution is -0.142. The van der Waals surface area contributed by atoms with Crippen LogP contribution in [-0.4, -0.2) is 66.8 Å². The summed E-state index contributed by atoms with van der Waals surface area (Å²) >= 11 is 0. The summed E-state index contributed by atoms with van der Waals surface area (Å²) in [5, 5.41) is 14.0. The third-order valence-corrected chi connectivity index (χ3v) is 3.45. The third-order valence-electron chi connectivity index (χ3n) is 3.45. The Morgan fingerprint density at radius 3 is 2.68 bits per heavy atom. The van der Waals surface area contributed by atoms with E-state index in [1.807, 2.05) is 0 Å². The van der Waals surface area contributed by atoms with Gasteiger partial charge in [-0.3, -0.25) is 9.59 Å². The molecule has 19 heavy (non-hydrogen) atoms. The van der Waals surface area contributed by atoms with Crippen LogP contribution >= 0.6 is 0 Å². The standard InChI is InChI=1S/C11H17N3O5/c1-14-3-2-7(9(14)15)12-11(18)13-8-5-19-4-6(8)10(16)17/h6-8H,2-5H2,1H3,(H,16,17)(H2,12,13,18). The maximum Gasteiger partial charge on any atom is 0.315 e. The molecule has 2 rings (SSSR count). The van der Waals surface area contributed by atoms with Crippen LogP contribution in [0, 0.1) is 5.92 Å². The van der Waals surface area contributed by atoms with Crippen molar-refractivity contribution in [3.63, 3.8) is 0 Å². The van der Waals surface area contributed by atoms with Crippen molar-refractivity contribution >= 4 is 17.9 Å². The summed E-state index contributed by atoms with van der Waals surface area (Å²) in [6, 6.07) is -1.63. The highest BCUT2D eigenvalue weighted by Crippen LogP contribution is 2.14. The van der Waals surface area contributed by atoms with Crippen LogP contribution < -0.4 is 10.6 Å². The van der Waals surface area contributed by atoms with Gasteiger partial charge in [0.1, 0.15) is 12.0 Å². The smallest absolute Gasteiger partial charge is 0.315 e. The molecule has 0 aromatic rings. The fourth-order valence-electron chi connectivity index (χ4n) is 2.26. The Bertz CT molecular complexity index is 400. The van der Waals surface area contributed by atoms with E-state index in [0.29, 0.717) is 13.0 Å². The van der Waals surface area contributed by atoms with Gasteiger partial charge in [-0.1, -0.05) is 0 Å². The Hall–Kier alpha value is -1.83. The number of hydrogen-bond donors (Lipinski definition) is 3. The van der Waals surface area contributed by atoms with E-state index in [0.717, 1.165) is 0 Å². The molecule has 8 heteroatoms. The van der Waals surface area contributed by atoms with E-state index in [4.69, 9.17) is 9.84 Å². The van der Waals surface area contributed by atoms with Gasteiger partial charge < -0.3 is 25.4 Å². The second kappa shape index (κ2) is 5.43. The topological polar surface area (TPSA) is 108 Å². The first kappa shape index (κ1) is 13.6. The molecule has 2 saturated heterocycles. The molecule has 3 unspecified atom stereocenters. The van der Waals surface area contributed by atoms with Crippen LogP contribution in [0.1, 0.15) is 6.42 Å². The summed E-state index contributed by atoms with van der Waals surface area (Å²) in [7, 11) is 1.67. The molecular weight excluding hydrogens is 254 g/mol. The van der Waals surface area contributed by atoms with Gasteiger partial charge >= 0.3 is 12.0 Å². The average molecular weight is 271 g/mol. The average Bonchev–Trinajstić information content (AvgIpc) is 2.91. The molecule has 0 radical (unpaired) electrons. The Labute approximate surface area is 110 Å². The predicted octanol–water partition coefficient (Wildman–Crippen LogP) is -1.38. The van der Waals surface area contributed by atoms with Crippen molar-refractivity contribution in [2.75, 3.05) is 26.8 Å². The number of carboxylic acids is 1. The Morgan fingerprint density at radius 1 is 1.37 bits per heavy atom. The van der Waals surface area contributed by atoms with Crippen LogP contribution in [0.5, 0.6) is 0 Å². The number of hydrogen-bond acceptors (Lipinski definition) is 4. The minimum absolute atomic E-state index is 0.0887. The van der Waals surface area contributed by atoms with Crippen molar-refractivity contribution in [3.8, 4) is 0 Å². The molecule has 8 nitrogen and oxygen atoms in total. The number of carboxylic acid groups (broad SMARTS) is 1. The van der Waals surface area contributed by atoms with Gasteiger partial charge in [0, 0.05) is 13.6 Å². The quantitative estimate of drug-likeness (QED) is 0.586. The molecule has 0 saturated carbocycles. The molecule has 2 aliphatic rings. The predicted molar refractivity (Wildman–Crippen MR) is 63.4 cm³/mol. The van der Waals surface area contributed by atoms with Crippen molar-refractivity contribution in [2.45, 2.75) is 18.5 Å². The number of ether oxygens (including phenoxy) is 1. The number of likely N-dealkylation sites (N-methyl/N-ethyl adjacent to an activating group) is 1. The van der Waals surface area contributed by atoms with E-state index in [1.165, 1.54) is 0 Å². The number of likely N-dealkylation sites (tertiary alicyclic amines) is 1. The molecule has 0 aromatic heterocycles. The first-order valence-corrected chi connectivity index (χ1v) is 6.11. The maximum absolute atomic E-state index is 11.7. The largest absolute Gasteiger partial charge is 0.481 e. The van der Waals surface area contributed by atoms with Gasteiger partial charge in [-0.2, -0.15) is 0 Å². The van der Waals surface area contributed by atoms with E-state index < -0.39 is 30.0 Å². The number of carbonyl (C=O) groups is 3. The third kappa shape index (κ3) is 2.95. The zero-order chi connectivity index (χ0) is 14.0. The summed E-state index contributed by atoms with van der Waals surface area (Å²) in [5.74, 6) is -1.88. The Morgan fingerprint density at radius 2 is 2.11 bits per heavy atom. The van der Waals surface area contributed by atoms with Crippen LogP contribution in [-0.2, 0) is 14.3 Å². The molecule has 0 aliphatic carbocycles. The molecule has 2 heterocycles. The Balaban J connectivity index is 1.84. The molecule has 3 atom stereocenters. The second-order valence-corrected chi connectivity index (χ2v) is 4.81. The lowest BCUT2D eigenvalue weighted by Crippen LogP contribution is -2.51.